The topological polar surface area (TPSA) is 45.2 Å². The molecule has 0 spiro atoms. The molecule has 1 aliphatic rings. The fourth-order valence-electron chi connectivity index (χ4n) is 3.90. The predicted molar refractivity (Wildman–Crippen MR) is 127 cm³/mol. The smallest absolute Gasteiger partial charge is 0.258 e. The fourth-order valence-corrected chi connectivity index (χ4v) is 3.90. The van der Waals surface area contributed by atoms with Crippen molar-refractivity contribution in [3.05, 3.63) is 47.8 Å². The van der Waals surface area contributed by atoms with Crippen LogP contribution in [0.25, 0.3) is 0 Å². The summed E-state index contributed by atoms with van der Waals surface area (Å²) in [6.07, 6.45) is 2.99. The number of unbranched alkanes of at least 4 members (excludes halogenated alkanes) is 1. The quantitative estimate of drug-likeness (QED) is 0.537. The lowest BCUT2D eigenvalue weighted by Crippen LogP contribution is -2.31. The van der Waals surface area contributed by atoms with Crippen LogP contribution in [0, 0.1) is 5.82 Å². The summed E-state index contributed by atoms with van der Waals surface area (Å²) in [6.45, 7) is 4.31. The van der Waals surface area contributed by atoms with E-state index in [2.05, 4.69) is 16.7 Å². The molecular formula is C25H34FN3O3. The molecule has 1 heterocycles. The second kappa shape index (κ2) is 10.7. The van der Waals surface area contributed by atoms with Gasteiger partial charge in [0.05, 0.1) is 19.4 Å². The number of anilines is 2. The number of benzene rings is 2. The second-order valence-corrected chi connectivity index (χ2v) is 8.42. The van der Waals surface area contributed by atoms with Crippen molar-refractivity contribution in [3.63, 3.8) is 0 Å². The van der Waals surface area contributed by atoms with Crippen LogP contribution < -0.4 is 19.3 Å². The Morgan fingerprint density at radius 1 is 1.16 bits per heavy atom. The zero-order valence-electron chi connectivity index (χ0n) is 19.7. The Balaban J connectivity index is 1.73. The van der Waals surface area contributed by atoms with E-state index in [0.29, 0.717) is 41.1 Å². The highest BCUT2D eigenvalue weighted by atomic mass is 19.1. The van der Waals surface area contributed by atoms with E-state index in [4.69, 9.17) is 9.47 Å². The average Bonchev–Trinajstić information content (AvgIpc) is 3.28. The van der Waals surface area contributed by atoms with E-state index < -0.39 is 0 Å². The number of carbonyl (C=O) groups is 1. The molecule has 1 saturated heterocycles. The van der Waals surface area contributed by atoms with Gasteiger partial charge in [0, 0.05) is 37.4 Å². The molecule has 1 amide bonds. The van der Waals surface area contributed by atoms with Crippen molar-refractivity contribution < 1.29 is 18.7 Å². The molecule has 0 saturated carbocycles. The van der Waals surface area contributed by atoms with Crippen molar-refractivity contribution in [3.8, 4) is 11.5 Å². The van der Waals surface area contributed by atoms with E-state index >= 15 is 0 Å². The summed E-state index contributed by atoms with van der Waals surface area (Å²) in [5.74, 6) is 0.548. The monoisotopic (exact) mass is 443 g/mol. The summed E-state index contributed by atoms with van der Waals surface area (Å²) in [7, 11) is 7.29. The molecule has 1 fully saturated rings. The molecule has 2 aromatic carbocycles. The van der Waals surface area contributed by atoms with Gasteiger partial charge in [0.15, 0.2) is 11.5 Å². The molecule has 6 nitrogen and oxygen atoms in total. The van der Waals surface area contributed by atoms with Gasteiger partial charge in [-0.15, -0.1) is 0 Å². The Hall–Kier alpha value is -2.80. The van der Waals surface area contributed by atoms with E-state index in [1.165, 1.54) is 11.0 Å². The first-order chi connectivity index (χ1) is 15.3. The minimum absolute atomic E-state index is 0.246. The number of nitrogens with zero attached hydrogens (tertiary/aromatic N) is 3. The van der Waals surface area contributed by atoms with Gasteiger partial charge in [-0.2, -0.15) is 0 Å². The first-order valence-electron chi connectivity index (χ1n) is 11.2. The highest BCUT2D eigenvalue weighted by molar-refractivity contribution is 6.06. The van der Waals surface area contributed by atoms with Crippen molar-refractivity contribution in [2.24, 2.45) is 0 Å². The maximum Gasteiger partial charge on any atom is 0.258 e. The Morgan fingerprint density at radius 2 is 1.94 bits per heavy atom. The lowest BCUT2D eigenvalue weighted by molar-refractivity contribution is 0.0992. The third kappa shape index (κ3) is 5.33. The SMILES string of the molecule is CCCCOc1ccc(C(=O)N(C)c2ccc(N3CCC(N(C)C)C3)c(F)c2)cc1OC. The van der Waals surface area contributed by atoms with Crippen molar-refractivity contribution in [1.82, 2.24) is 4.90 Å². The first kappa shape index (κ1) is 23.9. The third-order valence-electron chi connectivity index (χ3n) is 6.02. The van der Waals surface area contributed by atoms with E-state index in [9.17, 15) is 9.18 Å². The zero-order valence-corrected chi connectivity index (χ0v) is 19.7. The van der Waals surface area contributed by atoms with Crippen LogP contribution in [0.2, 0.25) is 0 Å². The molecule has 7 heteroatoms. The zero-order chi connectivity index (χ0) is 23.3. The molecule has 0 N–H and O–H groups in total. The number of methoxy groups -OCH3 is 1. The molecule has 1 unspecified atom stereocenters. The third-order valence-corrected chi connectivity index (χ3v) is 6.02. The van der Waals surface area contributed by atoms with Gasteiger partial charge < -0.3 is 24.2 Å². The maximum atomic E-state index is 14.9. The van der Waals surface area contributed by atoms with Crippen LogP contribution in [-0.2, 0) is 0 Å². The highest BCUT2D eigenvalue weighted by Gasteiger charge is 2.26. The largest absolute Gasteiger partial charge is 0.493 e. The van der Waals surface area contributed by atoms with Crippen molar-refractivity contribution in [2.75, 3.05) is 57.7 Å². The predicted octanol–water partition coefficient (Wildman–Crippen LogP) is 4.43. The van der Waals surface area contributed by atoms with Crippen LogP contribution in [0.1, 0.15) is 36.5 Å². The molecular weight excluding hydrogens is 409 g/mol. The summed E-state index contributed by atoms with van der Waals surface area (Å²) in [5, 5.41) is 0. The van der Waals surface area contributed by atoms with Gasteiger partial charge in [-0.05, 0) is 63.3 Å². The van der Waals surface area contributed by atoms with Gasteiger partial charge in [0.1, 0.15) is 5.82 Å². The van der Waals surface area contributed by atoms with Gasteiger partial charge in [-0.25, -0.2) is 4.39 Å². The second-order valence-electron chi connectivity index (χ2n) is 8.42. The Bertz CT molecular complexity index is 935. The van der Waals surface area contributed by atoms with E-state index in [-0.39, 0.29) is 11.7 Å². The molecule has 3 rings (SSSR count). The van der Waals surface area contributed by atoms with Crippen LogP contribution in [0.5, 0.6) is 11.5 Å². The highest BCUT2D eigenvalue weighted by Crippen LogP contribution is 2.31. The molecule has 1 atom stereocenters. The van der Waals surface area contributed by atoms with E-state index in [1.54, 1.807) is 44.5 Å². The maximum absolute atomic E-state index is 14.9. The minimum atomic E-state index is -0.321. The Kier molecular flexibility index (Phi) is 7.96. The number of ether oxygens (including phenoxy) is 2. The van der Waals surface area contributed by atoms with Crippen LogP contribution in [0.4, 0.5) is 15.8 Å². The van der Waals surface area contributed by atoms with Crippen LogP contribution in [-0.4, -0.2) is 64.8 Å². The van der Waals surface area contributed by atoms with E-state index in [0.717, 1.165) is 32.4 Å². The van der Waals surface area contributed by atoms with Crippen LogP contribution >= 0.6 is 0 Å². The van der Waals surface area contributed by atoms with Crippen molar-refractivity contribution in [1.29, 1.82) is 0 Å². The van der Waals surface area contributed by atoms with Gasteiger partial charge in [0.2, 0.25) is 0 Å². The summed E-state index contributed by atoms with van der Waals surface area (Å²) in [4.78, 5) is 18.7. The molecule has 2 aromatic rings. The van der Waals surface area contributed by atoms with Gasteiger partial charge in [-0.3, -0.25) is 4.79 Å². The standard InChI is InChI=1S/C25H34FN3O3/c1-6-7-14-32-23-11-8-18(15-24(23)31-5)25(30)28(4)19-9-10-22(21(26)16-19)29-13-12-20(17-29)27(2)3/h8-11,15-16,20H,6-7,12-14,17H2,1-5H3. The number of amides is 1. The Labute approximate surface area is 190 Å². The van der Waals surface area contributed by atoms with Crippen LogP contribution in [0.3, 0.4) is 0 Å². The summed E-state index contributed by atoms with van der Waals surface area (Å²) >= 11 is 0. The molecule has 0 aromatic heterocycles. The number of hydrogen-bond acceptors (Lipinski definition) is 5. The van der Waals surface area contributed by atoms with E-state index in [1.807, 2.05) is 14.1 Å². The van der Waals surface area contributed by atoms with Crippen molar-refractivity contribution in [2.45, 2.75) is 32.2 Å². The average molecular weight is 444 g/mol. The minimum Gasteiger partial charge on any atom is -0.493 e. The molecule has 0 aliphatic carbocycles. The summed E-state index contributed by atoms with van der Waals surface area (Å²) < 4.78 is 26.1. The number of likely N-dealkylation sites (N-methyl/N-ethyl adjacent to an activating group) is 1. The number of hydrogen-bond donors (Lipinski definition) is 0. The van der Waals surface area contributed by atoms with Gasteiger partial charge in [-0.1, -0.05) is 13.3 Å². The molecule has 32 heavy (non-hydrogen) atoms. The summed E-state index contributed by atoms with van der Waals surface area (Å²) in [5.41, 5.74) is 1.53. The number of rotatable bonds is 9. The molecule has 0 radical (unpaired) electrons. The van der Waals surface area contributed by atoms with Gasteiger partial charge in [0.25, 0.3) is 5.91 Å². The van der Waals surface area contributed by atoms with Gasteiger partial charge >= 0.3 is 0 Å². The van der Waals surface area contributed by atoms with Crippen molar-refractivity contribution >= 4 is 17.3 Å². The lowest BCUT2D eigenvalue weighted by atomic mass is 10.1. The fraction of sp³-hybridized carbons (Fsp3) is 0.480. The molecule has 0 bridgehead atoms. The molecule has 1 aliphatic heterocycles. The normalized spacial score (nSPS) is 15.8. The Morgan fingerprint density at radius 3 is 2.56 bits per heavy atom. The first-order valence-corrected chi connectivity index (χ1v) is 11.2. The molecule has 174 valence electrons. The number of halogens is 1. The number of carbonyl (C=O) groups excluding carboxylic acids is 1. The lowest BCUT2D eigenvalue weighted by Gasteiger charge is -2.24. The van der Waals surface area contributed by atoms with Crippen LogP contribution in [0.15, 0.2) is 36.4 Å². The summed E-state index contributed by atoms with van der Waals surface area (Å²) in [6, 6.07) is 10.5.